The Kier molecular flexibility index (Phi) is 5.83. The van der Waals surface area contributed by atoms with Crippen LogP contribution in [0.15, 0.2) is 18.2 Å². The molecule has 30 heavy (non-hydrogen) atoms. The van der Waals surface area contributed by atoms with Crippen LogP contribution in [0, 0.1) is 0 Å². The molecule has 0 saturated carbocycles. The molecule has 1 aromatic rings. The third-order valence-electron chi connectivity index (χ3n) is 6.09. The third kappa shape index (κ3) is 3.82. The van der Waals surface area contributed by atoms with E-state index in [1.165, 1.54) is 0 Å². The zero-order chi connectivity index (χ0) is 21.3. The molecule has 3 aliphatic heterocycles. The van der Waals surface area contributed by atoms with Crippen LogP contribution in [-0.4, -0.2) is 71.7 Å². The maximum absolute atomic E-state index is 13.1. The van der Waals surface area contributed by atoms with Crippen LogP contribution in [0.5, 0.6) is 0 Å². The first-order chi connectivity index (χ1) is 14.5. The molecule has 1 unspecified atom stereocenters. The first-order valence-electron chi connectivity index (χ1n) is 10.5. The van der Waals surface area contributed by atoms with E-state index in [-0.39, 0.29) is 24.8 Å². The fraction of sp³-hybridized carbons (Fsp3) is 0.524. The zero-order valence-corrected chi connectivity index (χ0v) is 16.9. The fourth-order valence-corrected chi connectivity index (χ4v) is 4.47. The van der Waals surface area contributed by atoms with Crippen LogP contribution in [0.2, 0.25) is 0 Å². The quantitative estimate of drug-likeness (QED) is 0.573. The Morgan fingerprint density at radius 1 is 1.07 bits per heavy atom. The summed E-state index contributed by atoms with van der Waals surface area (Å²) in [4.78, 5) is 53.1. The third-order valence-corrected chi connectivity index (χ3v) is 6.09. The highest BCUT2D eigenvalue weighted by Gasteiger charge is 2.45. The van der Waals surface area contributed by atoms with E-state index in [9.17, 15) is 19.2 Å². The molecule has 0 aromatic heterocycles. The van der Waals surface area contributed by atoms with Gasteiger partial charge >= 0.3 is 0 Å². The van der Waals surface area contributed by atoms with Crippen molar-refractivity contribution in [3.63, 3.8) is 0 Å². The van der Waals surface area contributed by atoms with Gasteiger partial charge in [-0.05, 0) is 50.9 Å². The van der Waals surface area contributed by atoms with Gasteiger partial charge in [0.25, 0.3) is 11.8 Å². The maximum atomic E-state index is 13.1. The van der Waals surface area contributed by atoms with Gasteiger partial charge in [0.15, 0.2) is 0 Å². The van der Waals surface area contributed by atoms with Gasteiger partial charge in [-0.15, -0.1) is 0 Å². The van der Waals surface area contributed by atoms with E-state index in [1.807, 2.05) is 0 Å². The summed E-state index contributed by atoms with van der Waals surface area (Å²) in [5.41, 5.74) is 6.83. The second-order valence-electron chi connectivity index (χ2n) is 8.08. The molecule has 1 atom stereocenters. The first-order valence-corrected chi connectivity index (χ1v) is 10.5. The molecule has 0 radical (unpaired) electrons. The monoisotopic (exact) mass is 413 g/mol. The van der Waals surface area contributed by atoms with Crippen molar-refractivity contribution in [2.24, 2.45) is 5.73 Å². The number of nitrogens with one attached hydrogen (secondary N) is 2. The summed E-state index contributed by atoms with van der Waals surface area (Å²) in [5.74, 6) is -1.94. The van der Waals surface area contributed by atoms with Crippen LogP contribution < -0.4 is 16.4 Å². The molecule has 2 saturated heterocycles. The smallest absolute Gasteiger partial charge is 0.264 e. The number of rotatable bonds is 6. The van der Waals surface area contributed by atoms with E-state index in [2.05, 4.69) is 15.5 Å². The number of amides is 4. The van der Waals surface area contributed by atoms with Crippen LogP contribution in [0.4, 0.5) is 5.69 Å². The molecule has 4 N–H and O–H groups in total. The summed E-state index contributed by atoms with van der Waals surface area (Å²) in [5, 5.41) is 5.67. The number of piperidine rings is 2. The standard InChI is InChI=1S/C21H27N5O4/c22-9-2-10-25-11-7-13(8-12-25)23-15-4-1-3-14-18(15)21(30)26(20(14)29)16-5-6-17(27)24-19(16)28/h1,3-4,13,16,23H,2,5-12,22H2,(H,24,27,28). The predicted octanol–water partition coefficient (Wildman–Crippen LogP) is 0.313. The number of anilines is 1. The highest BCUT2D eigenvalue weighted by molar-refractivity contribution is 6.25. The minimum atomic E-state index is -0.950. The number of likely N-dealkylation sites (tertiary alicyclic amines) is 1. The lowest BCUT2D eigenvalue weighted by Gasteiger charge is -2.33. The molecule has 0 bridgehead atoms. The first kappa shape index (κ1) is 20.5. The summed E-state index contributed by atoms with van der Waals surface area (Å²) in [6.45, 7) is 3.61. The van der Waals surface area contributed by atoms with Gasteiger partial charge in [-0.25, -0.2) is 0 Å². The van der Waals surface area contributed by atoms with E-state index >= 15 is 0 Å². The second-order valence-corrected chi connectivity index (χ2v) is 8.08. The van der Waals surface area contributed by atoms with Gasteiger partial charge in [-0.1, -0.05) is 6.07 Å². The maximum Gasteiger partial charge on any atom is 0.264 e. The van der Waals surface area contributed by atoms with Crippen LogP contribution in [-0.2, 0) is 9.59 Å². The van der Waals surface area contributed by atoms with Crippen molar-refractivity contribution in [2.75, 3.05) is 31.5 Å². The molecule has 9 nitrogen and oxygen atoms in total. The van der Waals surface area contributed by atoms with Crippen molar-refractivity contribution < 1.29 is 19.2 Å². The lowest BCUT2D eigenvalue weighted by molar-refractivity contribution is -0.136. The Balaban J connectivity index is 1.48. The Labute approximate surface area is 174 Å². The van der Waals surface area contributed by atoms with E-state index in [1.54, 1.807) is 18.2 Å². The topological polar surface area (TPSA) is 125 Å². The largest absolute Gasteiger partial charge is 0.382 e. The molecule has 3 heterocycles. The van der Waals surface area contributed by atoms with Crippen molar-refractivity contribution in [1.29, 1.82) is 0 Å². The van der Waals surface area contributed by atoms with Gasteiger partial charge in [0.05, 0.1) is 11.1 Å². The predicted molar refractivity (Wildman–Crippen MR) is 110 cm³/mol. The molecule has 2 fully saturated rings. The van der Waals surface area contributed by atoms with Gasteiger partial charge in [-0.3, -0.25) is 29.4 Å². The number of nitrogens with two attached hydrogens (primary N) is 1. The molecule has 160 valence electrons. The number of hydrogen-bond donors (Lipinski definition) is 3. The van der Waals surface area contributed by atoms with Crippen LogP contribution in [0.25, 0.3) is 0 Å². The van der Waals surface area contributed by atoms with Gasteiger partial charge in [0, 0.05) is 31.2 Å². The molecule has 4 rings (SSSR count). The summed E-state index contributed by atoms with van der Waals surface area (Å²) in [6.07, 6.45) is 3.12. The molecule has 0 spiro atoms. The number of benzene rings is 1. The number of carbonyl (C=O) groups excluding carboxylic acids is 4. The molecule has 1 aromatic carbocycles. The SMILES string of the molecule is NCCCN1CCC(Nc2cccc3c2C(=O)N(C2CCC(=O)NC2=O)C3=O)CC1. The Morgan fingerprint density at radius 2 is 1.83 bits per heavy atom. The van der Waals surface area contributed by atoms with Crippen molar-refractivity contribution in [3.05, 3.63) is 29.3 Å². The summed E-state index contributed by atoms with van der Waals surface area (Å²) >= 11 is 0. The number of imide groups is 2. The average Bonchev–Trinajstić information content (AvgIpc) is 2.99. The van der Waals surface area contributed by atoms with Gasteiger partial charge in [0.1, 0.15) is 6.04 Å². The number of fused-ring (bicyclic) bond motifs is 1. The van der Waals surface area contributed by atoms with Crippen LogP contribution in [0.3, 0.4) is 0 Å². The second kappa shape index (κ2) is 8.53. The zero-order valence-electron chi connectivity index (χ0n) is 16.9. The van der Waals surface area contributed by atoms with Crippen molar-refractivity contribution >= 4 is 29.3 Å². The minimum Gasteiger partial charge on any atom is -0.382 e. The normalized spacial score (nSPS) is 23.0. The minimum absolute atomic E-state index is 0.109. The van der Waals surface area contributed by atoms with E-state index in [0.29, 0.717) is 23.4 Å². The van der Waals surface area contributed by atoms with E-state index < -0.39 is 23.8 Å². The summed E-state index contributed by atoms with van der Waals surface area (Å²) < 4.78 is 0. The lowest BCUT2D eigenvalue weighted by atomic mass is 10.0. The summed E-state index contributed by atoms with van der Waals surface area (Å²) in [7, 11) is 0. The van der Waals surface area contributed by atoms with Crippen molar-refractivity contribution in [3.8, 4) is 0 Å². The van der Waals surface area contributed by atoms with Gasteiger partial charge in [0.2, 0.25) is 11.8 Å². The molecular weight excluding hydrogens is 386 g/mol. The fourth-order valence-electron chi connectivity index (χ4n) is 4.47. The molecular formula is C21H27N5O4. The Hall–Kier alpha value is -2.78. The highest BCUT2D eigenvalue weighted by atomic mass is 16.2. The van der Waals surface area contributed by atoms with Crippen LogP contribution in [0.1, 0.15) is 52.8 Å². The summed E-state index contributed by atoms with van der Waals surface area (Å²) in [6, 6.07) is 4.42. The molecule has 0 aliphatic carbocycles. The van der Waals surface area contributed by atoms with Crippen molar-refractivity contribution in [2.45, 2.75) is 44.2 Å². The molecule has 4 amide bonds. The molecule has 9 heteroatoms. The Morgan fingerprint density at radius 3 is 2.53 bits per heavy atom. The van der Waals surface area contributed by atoms with E-state index in [0.717, 1.165) is 43.8 Å². The molecule has 3 aliphatic rings. The number of nitrogens with zero attached hydrogens (tertiary/aromatic N) is 2. The number of carbonyl (C=O) groups is 4. The Bertz CT molecular complexity index is 878. The lowest BCUT2D eigenvalue weighted by Crippen LogP contribution is -2.54. The highest BCUT2D eigenvalue weighted by Crippen LogP contribution is 2.33. The van der Waals surface area contributed by atoms with Gasteiger partial charge in [-0.2, -0.15) is 0 Å². The van der Waals surface area contributed by atoms with Gasteiger partial charge < -0.3 is 16.0 Å². The number of hydrogen-bond acceptors (Lipinski definition) is 7. The van der Waals surface area contributed by atoms with E-state index in [4.69, 9.17) is 5.73 Å². The van der Waals surface area contributed by atoms with Crippen molar-refractivity contribution in [1.82, 2.24) is 15.1 Å². The van der Waals surface area contributed by atoms with Crippen LogP contribution >= 0.6 is 0 Å². The average molecular weight is 413 g/mol.